The zero-order chi connectivity index (χ0) is 23.4. The summed E-state index contributed by atoms with van der Waals surface area (Å²) in [4.78, 5) is 20.4. The van der Waals surface area contributed by atoms with Crippen molar-refractivity contribution < 1.29 is 13.2 Å². The first-order valence-corrected chi connectivity index (χ1v) is 13.0. The maximum Gasteiger partial charge on any atom is 0.264 e. The highest BCUT2D eigenvalue weighted by Crippen LogP contribution is 2.18. The normalized spacial score (nSPS) is 11.3. The SMILES string of the molecule is CCCCCCCCCCCC(=O)Nc1ccc(S(=O)(=O)Nc2nc(C)cc(C)n2)cc1. The predicted octanol–water partition coefficient (Wildman–Crippen LogP) is 5.75. The number of anilines is 2. The van der Waals surface area contributed by atoms with Gasteiger partial charge in [0.1, 0.15) is 0 Å². The van der Waals surface area contributed by atoms with Crippen LogP contribution in [0, 0.1) is 13.8 Å². The van der Waals surface area contributed by atoms with E-state index in [0.717, 1.165) is 12.8 Å². The molecule has 1 aromatic heterocycles. The van der Waals surface area contributed by atoms with Crippen molar-refractivity contribution in [3.8, 4) is 0 Å². The minimum atomic E-state index is -3.81. The first-order valence-electron chi connectivity index (χ1n) is 11.5. The van der Waals surface area contributed by atoms with Crippen LogP contribution in [0.5, 0.6) is 0 Å². The van der Waals surface area contributed by atoms with Gasteiger partial charge >= 0.3 is 0 Å². The number of aromatic nitrogens is 2. The monoisotopic (exact) mass is 460 g/mol. The van der Waals surface area contributed by atoms with Crippen molar-refractivity contribution >= 4 is 27.6 Å². The molecule has 0 saturated carbocycles. The Hall–Kier alpha value is -2.48. The highest BCUT2D eigenvalue weighted by molar-refractivity contribution is 7.92. The molecule has 2 N–H and O–H groups in total. The van der Waals surface area contributed by atoms with E-state index in [0.29, 0.717) is 23.5 Å². The van der Waals surface area contributed by atoms with Crippen molar-refractivity contribution in [2.45, 2.75) is 89.9 Å². The van der Waals surface area contributed by atoms with Crippen molar-refractivity contribution in [3.05, 3.63) is 41.7 Å². The molecular formula is C24H36N4O3S. The molecule has 0 aliphatic heterocycles. The third kappa shape index (κ3) is 9.34. The number of nitrogens with one attached hydrogen (secondary N) is 2. The molecule has 0 radical (unpaired) electrons. The molecule has 1 aromatic carbocycles. The quantitative estimate of drug-likeness (QED) is 0.349. The van der Waals surface area contributed by atoms with E-state index < -0.39 is 10.0 Å². The van der Waals surface area contributed by atoms with Crippen molar-refractivity contribution in [2.24, 2.45) is 0 Å². The summed E-state index contributed by atoms with van der Waals surface area (Å²) in [7, 11) is -3.81. The summed E-state index contributed by atoms with van der Waals surface area (Å²) in [5.41, 5.74) is 1.94. The van der Waals surface area contributed by atoms with E-state index in [2.05, 4.69) is 26.9 Å². The van der Waals surface area contributed by atoms with E-state index in [1.165, 1.54) is 57.1 Å². The van der Waals surface area contributed by atoms with Gasteiger partial charge in [-0.05, 0) is 50.6 Å². The lowest BCUT2D eigenvalue weighted by atomic mass is 10.1. The molecule has 0 aliphatic rings. The average Bonchev–Trinajstić information content (AvgIpc) is 2.72. The number of hydrogen-bond donors (Lipinski definition) is 2. The Morgan fingerprint density at radius 1 is 0.844 bits per heavy atom. The van der Waals surface area contributed by atoms with Crippen molar-refractivity contribution in [1.29, 1.82) is 0 Å². The fourth-order valence-electron chi connectivity index (χ4n) is 3.49. The topological polar surface area (TPSA) is 101 Å². The first-order chi connectivity index (χ1) is 15.3. The summed E-state index contributed by atoms with van der Waals surface area (Å²) >= 11 is 0. The van der Waals surface area contributed by atoms with Gasteiger partial charge in [-0.3, -0.25) is 4.79 Å². The lowest BCUT2D eigenvalue weighted by Gasteiger charge is -2.09. The molecule has 1 heterocycles. The first kappa shape index (κ1) is 25.8. The highest BCUT2D eigenvalue weighted by atomic mass is 32.2. The van der Waals surface area contributed by atoms with Crippen LogP contribution in [0.1, 0.15) is 82.5 Å². The van der Waals surface area contributed by atoms with Gasteiger partial charge in [-0.2, -0.15) is 0 Å². The van der Waals surface area contributed by atoms with Gasteiger partial charge in [0.15, 0.2) is 0 Å². The van der Waals surface area contributed by atoms with Gasteiger partial charge in [-0.1, -0.05) is 58.3 Å². The van der Waals surface area contributed by atoms with Gasteiger partial charge in [-0.15, -0.1) is 0 Å². The number of benzene rings is 1. The highest BCUT2D eigenvalue weighted by Gasteiger charge is 2.16. The third-order valence-electron chi connectivity index (χ3n) is 5.16. The Balaban J connectivity index is 1.75. The molecule has 0 unspecified atom stereocenters. The number of aryl methyl sites for hydroxylation is 2. The van der Waals surface area contributed by atoms with E-state index in [1.807, 2.05) is 0 Å². The molecule has 7 nitrogen and oxygen atoms in total. The molecule has 1 amide bonds. The lowest BCUT2D eigenvalue weighted by molar-refractivity contribution is -0.116. The molecule has 32 heavy (non-hydrogen) atoms. The van der Waals surface area contributed by atoms with E-state index in [9.17, 15) is 13.2 Å². The largest absolute Gasteiger partial charge is 0.326 e. The van der Waals surface area contributed by atoms with Crippen LogP contribution in [-0.4, -0.2) is 24.3 Å². The van der Waals surface area contributed by atoms with E-state index in [-0.39, 0.29) is 16.8 Å². The van der Waals surface area contributed by atoms with Gasteiger partial charge in [0.05, 0.1) is 4.90 Å². The van der Waals surface area contributed by atoms with Crippen LogP contribution in [0.4, 0.5) is 11.6 Å². The molecule has 0 spiro atoms. The van der Waals surface area contributed by atoms with Crippen LogP contribution in [-0.2, 0) is 14.8 Å². The summed E-state index contributed by atoms with van der Waals surface area (Å²) in [5, 5.41) is 2.83. The van der Waals surface area contributed by atoms with Crippen LogP contribution >= 0.6 is 0 Å². The summed E-state index contributed by atoms with van der Waals surface area (Å²) in [6.07, 6.45) is 11.3. The molecule has 176 valence electrons. The van der Waals surface area contributed by atoms with Crippen molar-refractivity contribution in [3.63, 3.8) is 0 Å². The minimum absolute atomic E-state index is 0.0424. The lowest BCUT2D eigenvalue weighted by Crippen LogP contribution is -2.16. The fourth-order valence-corrected chi connectivity index (χ4v) is 4.43. The summed E-state index contributed by atoms with van der Waals surface area (Å²) in [6.45, 7) is 5.78. The predicted molar refractivity (Wildman–Crippen MR) is 129 cm³/mol. The van der Waals surface area contributed by atoms with Crippen molar-refractivity contribution in [1.82, 2.24) is 9.97 Å². The number of nitrogens with zero attached hydrogens (tertiary/aromatic N) is 2. The van der Waals surface area contributed by atoms with Gasteiger partial charge in [0.2, 0.25) is 11.9 Å². The average molecular weight is 461 g/mol. The number of sulfonamides is 1. The molecule has 0 atom stereocenters. The van der Waals surface area contributed by atoms with Gasteiger partial charge in [-0.25, -0.2) is 23.1 Å². The molecular weight excluding hydrogens is 424 g/mol. The second-order valence-corrected chi connectivity index (χ2v) is 9.91. The molecule has 0 saturated heterocycles. The van der Waals surface area contributed by atoms with Crippen LogP contribution < -0.4 is 10.0 Å². The molecule has 0 bridgehead atoms. The van der Waals surface area contributed by atoms with Crippen LogP contribution in [0.15, 0.2) is 35.2 Å². The second kappa shape index (κ2) is 13.2. The summed E-state index contributed by atoms with van der Waals surface area (Å²) in [5.74, 6) is -0.00819. The Bertz CT molecular complexity index is 939. The molecule has 0 aliphatic carbocycles. The Labute approximate surface area is 192 Å². The van der Waals surface area contributed by atoms with E-state index in [4.69, 9.17) is 0 Å². The maximum absolute atomic E-state index is 12.6. The van der Waals surface area contributed by atoms with E-state index >= 15 is 0 Å². The number of carbonyl (C=O) groups is 1. The number of unbranched alkanes of at least 4 members (excludes halogenated alkanes) is 8. The Morgan fingerprint density at radius 2 is 1.38 bits per heavy atom. The van der Waals surface area contributed by atoms with Crippen LogP contribution in [0.25, 0.3) is 0 Å². The van der Waals surface area contributed by atoms with E-state index in [1.54, 1.807) is 32.0 Å². The fraction of sp³-hybridized carbons (Fsp3) is 0.542. The summed E-state index contributed by atoms with van der Waals surface area (Å²) in [6, 6.07) is 7.86. The molecule has 8 heteroatoms. The second-order valence-electron chi connectivity index (χ2n) is 8.23. The van der Waals surface area contributed by atoms with Crippen LogP contribution in [0.3, 0.4) is 0 Å². The maximum atomic E-state index is 12.6. The number of carbonyl (C=O) groups excluding carboxylic acids is 1. The molecule has 2 aromatic rings. The van der Waals surface area contributed by atoms with Gasteiger partial charge < -0.3 is 5.32 Å². The Kier molecular flexibility index (Phi) is 10.6. The Morgan fingerprint density at radius 3 is 1.94 bits per heavy atom. The number of rotatable bonds is 14. The summed E-state index contributed by atoms with van der Waals surface area (Å²) < 4.78 is 27.6. The number of amides is 1. The molecule has 0 fully saturated rings. The standard InChI is InChI=1S/C24H36N4O3S/c1-4-5-6-7-8-9-10-11-12-13-23(29)27-21-14-16-22(17-15-21)32(30,31)28-24-25-19(2)18-20(3)26-24/h14-18H,4-13H2,1-3H3,(H,27,29)(H,25,26,28). The smallest absolute Gasteiger partial charge is 0.264 e. The van der Waals surface area contributed by atoms with Gasteiger partial charge in [0, 0.05) is 23.5 Å². The zero-order valence-corrected chi connectivity index (χ0v) is 20.3. The van der Waals surface area contributed by atoms with Crippen LogP contribution in [0.2, 0.25) is 0 Å². The number of hydrogen-bond acceptors (Lipinski definition) is 5. The van der Waals surface area contributed by atoms with Crippen molar-refractivity contribution in [2.75, 3.05) is 10.0 Å². The van der Waals surface area contributed by atoms with Gasteiger partial charge in [0.25, 0.3) is 10.0 Å². The molecule has 2 rings (SSSR count). The minimum Gasteiger partial charge on any atom is -0.326 e. The zero-order valence-electron chi connectivity index (χ0n) is 19.5. The third-order valence-corrected chi connectivity index (χ3v) is 6.51.